The van der Waals surface area contributed by atoms with Crippen LogP contribution in [0.1, 0.15) is 34.3 Å². The molecule has 2 aliphatic rings. The minimum absolute atomic E-state index is 0.00341. The first-order valence-corrected chi connectivity index (χ1v) is 10.2. The number of benzene rings is 2. The third-order valence-corrected chi connectivity index (χ3v) is 5.63. The number of carbonyl (C=O) groups is 2. The number of anilines is 1. The van der Waals surface area contributed by atoms with Gasteiger partial charge < -0.3 is 25.0 Å². The minimum atomic E-state index is -0.194. The van der Waals surface area contributed by atoms with Crippen LogP contribution in [0.5, 0.6) is 11.5 Å². The Hall–Kier alpha value is -3.06. The van der Waals surface area contributed by atoms with Gasteiger partial charge in [-0.15, -0.1) is 0 Å². The minimum Gasteiger partial charge on any atom is -0.454 e. The molecule has 1 saturated heterocycles. The third kappa shape index (κ3) is 4.74. The smallest absolute Gasteiger partial charge is 0.251 e. The van der Waals surface area contributed by atoms with E-state index in [2.05, 4.69) is 22.6 Å². The molecule has 2 N–H and O–H groups in total. The lowest BCUT2D eigenvalue weighted by molar-refractivity contribution is -0.117. The fraction of sp³-hybridized carbons (Fsp3) is 0.391. The van der Waals surface area contributed by atoms with Gasteiger partial charge in [-0.1, -0.05) is 12.1 Å². The highest BCUT2D eigenvalue weighted by Crippen LogP contribution is 2.32. The number of amides is 2. The summed E-state index contributed by atoms with van der Waals surface area (Å²) in [4.78, 5) is 27.3. The number of hydrogen-bond acceptors (Lipinski definition) is 5. The molecule has 1 unspecified atom stereocenters. The zero-order valence-corrected chi connectivity index (χ0v) is 17.4. The van der Waals surface area contributed by atoms with Crippen molar-refractivity contribution in [2.75, 3.05) is 32.2 Å². The van der Waals surface area contributed by atoms with Crippen LogP contribution in [0.2, 0.25) is 0 Å². The summed E-state index contributed by atoms with van der Waals surface area (Å²) in [7, 11) is 2.08. The number of nitrogens with one attached hydrogen (secondary N) is 2. The molecule has 158 valence electrons. The lowest BCUT2D eigenvalue weighted by atomic mass is 10.0. The van der Waals surface area contributed by atoms with Gasteiger partial charge in [-0.05, 0) is 68.2 Å². The second-order valence-corrected chi connectivity index (χ2v) is 8.07. The number of ether oxygens (including phenoxy) is 2. The molecule has 2 aromatic rings. The Morgan fingerprint density at radius 2 is 1.97 bits per heavy atom. The van der Waals surface area contributed by atoms with E-state index in [0.29, 0.717) is 41.6 Å². The van der Waals surface area contributed by atoms with Gasteiger partial charge in [-0.3, -0.25) is 9.59 Å². The number of rotatable bonds is 6. The number of fused-ring (bicyclic) bond motifs is 1. The maximum absolute atomic E-state index is 12.6. The Bertz CT molecular complexity index is 959. The Morgan fingerprint density at radius 3 is 2.77 bits per heavy atom. The van der Waals surface area contributed by atoms with Crippen molar-refractivity contribution >= 4 is 17.5 Å². The summed E-state index contributed by atoms with van der Waals surface area (Å²) < 4.78 is 10.7. The highest BCUT2D eigenvalue weighted by molar-refractivity contribution is 5.97. The van der Waals surface area contributed by atoms with Gasteiger partial charge in [0.1, 0.15) is 0 Å². The van der Waals surface area contributed by atoms with Crippen LogP contribution in [0, 0.1) is 12.8 Å². The number of likely N-dealkylation sites (tertiary alicyclic amines) is 1. The summed E-state index contributed by atoms with van der Waals surface area (Å²) in [6, 6.07) is 11.0. The summed E-state index contributed by atoms with van der Waals surface area (Å²) in [6.45, 7) is 4.51. The van der Waals surface area contributed by atoms with Crippen molar-refractivity contribution in [3.8, 4) is 11.5 Å². The van der Waals surface area contributed by atoms with E-state index < -0.39 is 0 Å². The fourth-order valence-electron chi connectivity index (χ4n) is 3.89. The van der Waals surface area contributed by atoms with Crippen LogP contribution in [0.3, 0.4) is 0 Å². The molecule has 0 radical (unpaired) electrons. The maximum atomic E-state index is 12.6. The molecule has 1 atom stereocenters. The second kappa shape index (κ2) is 8.75. The van der Waals surface area contributed by atoms with Gasteiger partial charge >= 0.3 is 0 Å². The van der Waals surface area contributed by atoms with Crippen LogP contribution < -0.4 is 20.1 Å². The van der Waals surface area contributed by atoms with Crippen molar-refractivity contribution in [3.05, 3.63) is 53.1 Å². The van der Waals surface area contributed by atoms with E-state index in [4.69, 9.17) is 9.47 Å². The van der Waals surface area contributed by atoms with Crippen molar-refractivity contribution in [2.45, 2.75) is 26.3 Å². The van der Waals surface area contributed by atoms with E-state index >= 15 is 0 Å². The number of hydrogen-bond donors (Lipinski definition) is 2. The lowest BCUT2D eigenvalue weighted by Gasteiger charge is -2.13. The first kappa shape index (κ1) is 20.2. The predicted octanol–water partition coefficient (Wildman–Crippen LogP) is 2.93. The first-order valence-electron chi connectivity index (χ1n) is 10.2. The normalized spacial score (nSPS) is 17.7. The number of carbonyl (C=O) groups excluding carboxylic acids is 2. The van der Waals surface area contributed by atoms with E-state index in [1.165, 1.54) is 0 Å². The SMILES string of the molecule is Cc1ccc(C(=O)NCc2ccc3c(c2)OCO3)cc1NC(=O)CC1CCN(C)C1. The van der Waals surface area contributed by atoms with E-state index in [9.17, 15) is 9.59 Å². The molecule has 7 nitrogen and oxygen atoms in total. The first-order chi connectivity index (χ1) is 14.5. The van der Waals surface area contributed by atoms with Gasteiger partial charge in [0, 0.05) is 30.8 Å². The molecule has 0 spiro atoms. The van der Waals surface area contributed by atoms with Crippen molar-refractivity contribution in [1.29, 1.82) is 0 Å². The molecule has 30 heavy (non-hydrogen) atoms. The van der Waals surface area contributed by atoms with Crippen LogP contribution >= 0.6 is 0 Å². The largest absolute Gasteiger partial charge is 0.454 e. The molecule has 2 aromatic carbocycles. The molecular formula is C23H27N3O4. The standard InChI is InChI=1S/C23H27N3O4/c1-15-3-5-18(11-19(15)25-22(27)10-17-7-8-26(2)13-17)23(28)24-12-16-4-6-20-21(9-16)30-14-29-20/h3-6,9,11,17H,7-8,10,12-14H2,1-2H3,(H,24,28)(H,25,27). The van der Waals surface area contributed by atoms with Gasteiger partial charge in [-0.2, -0.15) is 0 Å². The van der Waals surface area contributed by atoms with E-state index in [1.54, 1.807) is 12.1 Å². The van der Waals surface area contributed by atoms with Crippen LogP contribution in [-0.2, 0) is 11.3 Å². The van der Waals surface area contributed by atoms with E-state index in [0.717, 1.165) is 30.6 Å². The highest BCUT2D eigenvalue weighted by Gasteiger charge is 2.22. The molecule has 4 rings (SSSR count). The van der Waals surface area contributed by atoms with Crippen molar-refractivity contribution < 1.29 is 19.1 Å². The van der Waals surface area contributed by atoms with Crippen molar-refractivity contribution in [1.82, 2.24) is 10.2 Å². The summed E-state index contributed by atoms with van der Waals surface area (Å²) in [5.41, 5.74) is 3.05. The lowest BCUT2D eigenvalue weighted by Crippen LogP contribution is -2.23. The molecule has 0 bridgehead atoms. The molecule has 2 amide bonds. The molecule has 2 heterocycles. The second-order valence-electron chi connectivity index (χ2n) is 8.07. The fourth-order valence-corrected chi connectivity index (χ4v) is 3.89. The molecule has 0 aromatic heterocycles. The number of aryl methyl sites for hydroxylation is 1. The molecular weight excluding hydrogens is 382 g/mol. The van der Waals surface area contributed by atoms with Gasteiger partial charge in [0.15, 0.2) is 11.5 Å². The summed E-state index contributed by atoms with van der Waals surface area (Å²) in [6.07, 6.45) is 1.55. The van der Waals surface area contributed by atoms with E-state index in [1.807, 2.05) is 31.2 Å². The molecule has 7 heteroatoms. The summed E-state index contributed by atoms with van der Waals surface area (Å²) >= 11 is 0. The van der Waals surface area contributed by atoms with Crippen LogP contribution in [0.15, 0.2) is 36.4 Å². The van der Waals surface area contributed by atoms with Crippen molar-refractivity contribution in [2.24, 2.45) is 5.92 Å². The number of nitrogens with zero attached hydrogens (tertiary/aromatic N) is 1. The Labute approximate surface area is 176 Å². The van der Waals surface area contributed by atoms with Gasteiger partial charge in [0.05, 0.1) is 0 Å². The molecule has 1 fully saturated rings. The van der Waals surface area contributed by atoms with E-state index in [-0.39, 0.29) is 18.6 Å². The third-order valence-electron chi connectivity index (χ3n) is 5.63. The van der Waals surface area contributed by atoms with Gasteiger partial charge in [-0.25, -0.2) is 0 Å². The van der Waals surface area contributed by atoms with Crippen molar-refractivity contribution in [3.63, 3.8) is 0 Å². The molecule has 2 aliphatic heterocycles. The van der Waals surface area contributed by atoms with Crippen LogP contribution in [0.4, 0.5) is 5.69 Å². The average Bonchev–Trinajstić information content (AvgIpc) is 3.35. The quantitative estimate of drug-likeness (QED) is 0.767. The average molecular weight is 409 g/mol. The highest BCUT2D eigenvalue weighted by atomic mass is 16.7. The van der Waals surface area contributed by atoms with Crippen LogP contribution in [-0.4, -0.2) is 43.6 Å². The maximum Gasteiger partial charge on any atom is 0.251 e. The molecule has 0 saturated carbocycles. The Balaban J connectivity index is 1.35. The summed E-state index contributed by atoms with van der Waals surface area (Å²) in [5.74, 6) is 1.60. The Kier molecular flexibility index (Phi) is 5.90. The Morgan fingerprint density at radius 1 is 1.13 bits per heavy atom. The topological polar surface area (TPSA) is 79.9 Å². The zero-order chi connectivity index (χ0) is 21.1. The van der Waals surface area contributed by atoms with Crippen LogP contribution in [0.25, 0.3) is 0 Å². The zero-order valence-electron chi connectivity index (χ0n) is 17.4. The monoisotopic (exact) mass is 409 g/mol. The van der Waals surface area contributed by atoms with Gasteiger partial charge in [0.2, 0.25) is 12.7 Å². The predicted molar refractivity (Wildman–Crippen MR) is 114 cm³/mol. The van der Waals surface area contributed by atoms with Gasteiger partial charge in [0.25, 0.3) is 5.91 Å². The summed E-state index contributed by atoms with van der Waals surface area (Å²) in [5, 5.41) is 5.90. The molecule has 0 aliphatic carbocycles.